The van der Waals surface area contributed by atoms with E-state index in [-0.39, 0.29) is 51.3 Å². The normalized spacial score (nSPS) is 11.0. The fraction of sp³-hybridized carbons (Fsp3) is 0.364. The predicted molar refractivity (Wildman–Crippen MR) is 131 cm³/mol. The van der Waals surface area contributed by atoms with Crippen molar-refractivity contribution in [2.75, 3.05) is 7.05 Å². The lowest BCUT2D eigenvalue weighted by atomic mass is 10.0. The van der Waals surface area contributed by atoms with E-state index >= 15 is 0 Å². The molecular weight excluding hydrogens is 469 g/mol. The molecule has 0 aliphatic rings. The highest BCUT2D eigenvalue weighted by molar-refractivity contribution is 6.37. The Kier molecular flexibility index (Phi) is 11.1. The fourth-order valence-electron chi connectivity index (χ4n) is 2.48. The van der Waals surface area contributed by atoms with Crippen molar-refractivity contribution in [3.05, 3.63) is 72.7 Å². The van der Waals surface area contributed by atoms with Gasteiger partial charge in [-0.05, 0) is 24.1 Å². The minimum absolute atomic E-state index is 0.0314. The lowest BCUT2D eigenvalue weighted by molar-refractivity contribution is -0.117. The van der Waals surface area contributed by atoms with Crippen molar-refractivity contribution >= 4 is 29.1 Å². The zero-order chi connectivity index (χ0) is 25.3. The van der Waals surface area contributed by atoms with E-state index in [2.05, 4.69) is 35.8 Å². The zero-order valence-electron chi connectivity index (χ0n) is 19.3. The van der Waals surface area contributed by atoms with E-state index in [0.29, 0.717) is 5.57 Å². The van der Waals surface area contributed by atoms with Crippen molar-refractivity contribution in [1.82, 2.24) is 20.1 Å². The number of H-pyrrole nitrogens is 1. The summed E-state index contributed by atoms with van der Waals surface area (Å²) in [5, 5.41) is 6.60. The molecule has 2 aromatic rings. The number of nitrogens with two attached hydrogens (primary N) is 1. The van der Waals surface area contributed by atoms with E-state index in [4.69, 9.17) is 33.7 Å². The third kappa shape index (κ3) is 7.59. The molecule has 11 heteroatoms. The number of amides is 1. The summed E-state index contributed by atoms with van der Waals surface area (Å²) >= 11 is 12.6. The molecule has 0 unspecified atom stereocenters. The number of nitrogens with zero attached hydrogens (tertiary/aromatic N) is 2. The van der Waals surface area contributed by atoms with Crippen LogP contribution in [-0.2, 0) is 11.3 Å². The number of rotatable bonds is 7. The lowest BCUT2D eigenvalue weighted by Crippen LogP contribution is -2.34. The van der Waals surface area contributed by atoms with Crippen molar-refractivity contribution < 1.29 is 9.53 Å². The van der Waals surface area contributed by atoms with Crippen LogP contribution in [0.4, 0.5) is 0 Å². The van der Waals surface area contributed by atoms with Crippen molar-refractivity contribution in [2.24, 2.45) is 11.7 Å². The van der Waals surface area contributed by atoms with Gasteiger partial charge in [0.2, 0.25) is 5.91 Å². The standard InChI is InChI=1S/C19H21Cl2N5O4.C3H8/c1-9(2)12(17(27)23-4)5-10(3)30-16-13(20)6-11(7-14(16)21)26-19(29)24-18(28)15(8-22)25-26;1-3-2/h5-7,9H,3,8,22H2,1-2,4H3,(H,23,27)(H,24,28,29);3H2,1-2H3/b12-5-;. The number of nitrogens with one attached hydrogen (secondary N) is 2. The maximum absolute atomic E-state index is 12.1. The number of hydrogen-bond acceptors (Lipinski definition) is 6. The van der Waals surface area contributed by atoms with E-state index in [1.165, 1.54) is 31.7 Å². The van der Waals surface area contributed by atoms with Crippen LogP contribution in [0.15, 0.2) is 45.7 Å². The Hall–Kier alpha value is -2.88. The molecule has 33 heavy (non-hydrogen) atoms. The Labute approximate surface area is 202 Å². The third-order valence-electron chi connectivity index (χ3n) is 3.98. The van der Waals surface area contributed by atoms with Crippen LogP contribution < -0.4 is 27.0 Å². The zero-order valence-corrected chi connectivity index (χ0v) is 20.8. The molecule has 4 N–H and O–H groups in total. The topological polar surface area (TPSA) is 132 Å². The van der Waals surface area contributed by atoms with Crippen molar-refractivity contribution in [3.63, 3.8) is 0 Å². The Morgan fingerprint density at radius 2 is 1.85 bits per heavy atom. The summed E-state index contributed by atoms with van der Waals surface area (Å²) in [6.45, 7) is 11.6. The Morgan fingerprint density at radius 3 is 2.30 bits per heavy atom. The van der Waals surface area contributed by atoms with Crippen LogP contribution in [0.1, 0.15) is 39.8 Å². The molecule has 0 atom stereocenters. The number of aromatic amines is 1. The van der Waals surface area contributed by atoms with Gasteiger partial charge in [-0.1, -0.05) is 63.9 Å². The van der Waals surface area contributed by atoms with Crippen LogP contribution in [0, 0.1) is 5.92 Å². The first-order valence-corrected chi connectivity index (χ1v) is 11.0. The highest BCUT2D eigenvalue weighted by Crippen LogP contribution is 2.36. The van der Waals surface area contributed by atoms with Crippen LogP contribution in [-0.4, -0.2) is 27.7 Å². The number of carbonyl (C=O) groups is 1. The van der Waals surface area contributed by atoms with E-state index < -0.39 is 11.2 Å². The minimum atomic E-state index is -0.780. The molecule has 0 fully saturated rings. The molecule has 2 rings (SSSR count). The molecule has 0 radical (unpaired) electrons. The van der Waals surface area contributed by atoms with E-state index in [1.807, 2.05) is 13.8 Å². The van der Waals surface area contributed by atoms with Crippen LogP contribution in [0.2, 0.25) is 10.0 Å². The largest absolute Gasteiger partial charge is 0.455 e. The van der Waals surface area contributed by atoms with Crippen LogP contribution in [0.25, 0.3) is 5.69 Å². The minimum Gasteiger partial charge on any atom is -0.455 e. The second-order valence-corrected chi connectivity index (χ2v) is 7.98. The summed E-state index contributed by atoms with van der Waals surface area (Å²) in [6.07, 6.45) is 2.74. The molecule has 1 amide bonds. The second kappa shape index (κ2) is 13.0. The van der Waals surface area contributed by atoms with Crippen molar-refractivity contribution in [2.45, 2.75) is 40.7 Å². The monoisotopic (exact) mass is 497 g/mol. The highest BCUT2D eigenvalue weighted by Gasteiger charge is 2.17. The van der Waals surface area contributed by atoms with Gasteiger partial charge in [-0.3, -0.25) is 14.6 Å². The number of halogens is 2. The molecule has 0 aliphatic heterocycles. The first-order valence-electron chi connectivity index (χ1n) is 10.2. The molecule has 0 aliphatic carbocycles. The molecule has 0 spiro atoms. The first kappa shape index (κ1) is 28.2. The molecular formula is C22H29Cl2N5O4. The predicted octanol–water partition coefficient (Wildman–Crippen LogP) is 3.32. The van der Waals surface area contributed by atoms with E-state index in [9.17, 15) is 14.4 Å². The first-order chi connectivity index (χ1) is 15.5. The second-order valence-electron chi connectivity index (χ2n) is 7.17. The summed E-state index contributed by atoms with van der Waals surface area (Å²) in [7, 11) is 1.53. The quantitative estimate of drug-likeness (QED) is 0.305. The Balaban J connectivity index is 0.00000172. The van der Waals surface area contributed by atoms with E-state index in [0.717, 1.165) is 4.68 Å². The molecule has 0 saturated heterocycles. The van der Waals surface area contributed by atoms with Gasteiger partial charge in [0, 0.05) is 19.2 Å². The van der Waals surface area contributed by atoms with Gasteiger partial charge in [0.25, 0.3) is 5.56 Å². The molecule has 1 aromatic heterocycles. The van der Waals surface area contributed by atoms with Crippen molar-refractivity contribution in [3.8, 4) is 11.4 Å². The molecule has 0 bridgehead atoms. The maximum Gasteiger partial charge on any atom is 0.349 e. The van der Waals surface area contributed by atoms with Gasteiger partial charge in [-0.2, -0.15) is 9.78 Å². The smallest absolute Gasteiger partial charge is 0.349 e. The number of allylic oxidation sites excluding steroid dienone is 1. The average Bonchev–Trinajstić information content (AvgIpc) is 2.74. The highest BCUT2D eigenvalue weighted by atomic mass is 35.5. The Bertz CT molecular complexity index is 1130. The van der Waals surface area contributed by atoms with Crippen LogP contribution in [0.3, 0.4) is 0 Å². The van der Waals surface area contributed by atoms with Crippen LogP contribution >= 0.6 is 23.2 Å². The van der Waals surface area contributed by atoms with Gasteiger partial charge >= 0.3 is 5.69 Å². The Morgan fingerprint density at radius 1 is 1.30 bits per heavy atom. The van der Waals surface area contributed by atoms with Gasteiger partial charge in [-0.25, -0.2) is 4.79 Å². The summed E-state index contributed by atoms with van der Waals surface area (Å²) < 4.78 is 6.55. The van der Waals surface area contributed by atoms with Gasteiger partial charge in [0.05, 0.1) is 15.7 Å². The van der Waals surface area contributed by atoms with Gasteiger partial charge < -0.3 is 15.8 Å². The molecule has 1 heterocycles. The van der Waals surface area contributed by atoms with Crippen LogP contribution in [0.5, 0.6) is 5.75 Å². The molecule has 180 valence electrons. The number of carbonyl (C=O) groups excluding carboxylic acids is 1. The van der Waals surface area contributed by atoms with Crippen molar-refractivity contribution in [1.29, 1.82) is 0 Å². The van der Waals surface area contributed by atoms with E-state index in [1.54, 1.807) is 0 Å². The van der Waals surface area contributed by atoms with Gasteiger partial charge in [0.15, 0.2) is 5.75 Å². The summed E-state index contributed by atoms with van der Waals surface area (Å²) in [6, 6.07) is 2.77. The number of ether oxygens (including phenoxy) is 1. The average molecular weight is 498 g/mol. The molecule has 9 nitrogen and oxygen atoms in total. The number of likely N-dealkylation sites (N-methyl/N-ethyl adjacent to an activating group) is 1. The summed E-state index contributed by atoms with van der Waals surface area (Å²) in [4.78, 5) is 37.8. The SMILES string of the molecule is C=C(/C=C(\C(=O)NC)C(C)C)Oc1c(Cl)cc(-n2nc(CN)c(=O)[nH]c2=O)cc1Cl.CCC. The summed E-state index contributed by atoms with van der Waals surface area (Å²) in [5.41, 5.74) is 4.64. The summed E-state index contributed by atoms with van der Waals surface area (Å²) in [5.74, 6) is -0.112. The fourth-order valence-corrected chi connectivity index (χ4v) is 3.03. The number of benzene rings is 1. The molecule has 1 aromatic carbocycles. The third-order valence-corrected chi connectivity index (χ3v) is 4.54. The molecule has 0 saturated carbocycles. The van der Waals surface area contributed by atoms with Gasteiger partial charge in [0.1, 0.15) is 11.5 Å². The number of aromatic nitrogens is 3. The lowest BCUT2D eigenvalue weighted by Gasteiger charge is -2.14. The van der Waals surface area contributed by atoms with Gasteiger partial charge in [-0.15, -0.1) is 0 Å². The number of hydrogen-bond donors (Lipinski definition) is 3. The maximum atomic E-state index is 12.1.